The molecule has 0 saturated carbocycles. The van der Waals surface area contributed by atoms with E-state index >= 15 is 0 Å². The Hall–Kier alpha value is -1.59. The van der Waals surface area contributed by atoms with Crippen molar-refractivity contribution < 1.29 is 19.5 Å². The molecule has 6 nitrogen and oxygen atoms in total. The van der Waals surface area contributed by atoms with Gasteiger partial charge in [0, 0.05) is 20.0 Å². The van der Waals surface area contributed by atoms with Gasteiger partial charge in [-0.1, -0.05) is 12.1 Å². The van der Waals surface area contributed by atoms with Crippen molar-refractivity contribution in [3.05, 3.63) is 0 Å². The summed E-state index contributed by atoms with van der Waals surface area (Å²) in [4.78, 5) is 28.5. The third-order valence-electron chi connectivity index (χ3n) is 2.13. The molecule has 6 heteroatoms. The Morgan fingerprint density at radius 2 is 2.33 bits per heavy atom. The first-order valence-electron chi connectivity index (χ1n) is 4.77. The van der Waals surface area contributed by atoms with E-state index in [1.165, 1.54) is 4.90 Å². The quantitative estimate of drug-likeness (QED) is 0.719. The van der Waals surface area contributed by atoms with Gasteiger partial charge in [0.2, 0.25) is 6.10 Å². The molecule has 0 radical (unpaired) electrons. The number of carbonyl (C=O) groups is 2. The van der Waals surface area contributed by atoms with Gasteiger partial charge in [-0.15, -0.1) is 0 Å². The second-order valence-corrected chi connectivity index (χ2v) is 3.40. The van der Waals surface area contributed by atoms with Crippen LogP contribution in [0.3, 0.4) is 0 Å². The smallest absolute Gasteiger partial charge is 0.353 e. The molecule has 1 heterocycles. The summed E-state index contributed by atoms with van der Waals surface area (Å²) in [5.41, 5.74) is -0.0988. The second-order valence-electron chi connectivity index (χ2n) is 3.40. The van der Waals surface area contributed by atoms with Gasteiger partial charge in [-0.05, 0) is 6.42 Å². The average Bonchev–Trinajstić information content (AvgIpc) is 2.65. The lowest BCUT2D eigenvalue weighted by Gasteiger charge is -2.18. The fraction of sp³-hybridized carbons (Fsp3) is 0.667. The highest BCUT2D eigenvalue weighted by Crippen LogP contribution is 2.13. The molecular weight excluding hydrogens is 200 g/mol. The molecule has 0 aromatic carbocycles. The Labute approximate surface area is 87.5 Å². The van der Waals surface area contributed by atoms with Crippen LogP contribution in [0.15, 0.2) is 5.16 Å². The summed E-state index contributed by atoms with van der Waals surface area (Å²) >= 11 is 0. The van der Waals surface area contributed by atoms with Crippen LogP contribution in [0.1, 0.15) is 19.8 Å². The first kappa shape index (κ1) is 11.5. The minimum atomic E-state index is -1.14. The Morgan fingerprint density at radius 1 is 1.67 bits per heavy atom. The summed E-state index contributed by atoms with van der Waals surface area (Å²) < 4.78 is 0. The molecule has 0 spiro atoms. The van der Waals surface area contributed by atoms with E-state index in [4.69, 9.17) is 9.94 Å². The van der Waals surface area contributed by atoms with Gasteiger partial charge in [-0.25, -0.2) is 4.79 Å². The number of amides is 1. The zero-order chi connectivity index (χ0) is 11.4. The summed E-state index contributed by atoms with van der Waals surface area (Å²) in [5.74, 6) is -1.36. The molecule has 84 valence electrons. The number of nitrogens with zero attached hydrogens (tertiary/aromatic N) is 2. The third-order valence-corrected chi connectivity index (χ3v) is 2.13. The van der Waals surface area contributed by atoms with E-state index in [0.29, 0.717) is 6.54 Å². The maximum absolute atomic E-state index is 11.6. The average molecular weight is 214 g/mol. The summed E-state index contributed by atoms with van der Waals surface area (Å²) in [6.07, 6.45) is 0.122. The second kappa shape index (κ2) is 4.77. The fourth-order valence-corrected chi connectivity index (χ4v) is 1.33. The van der Waals surface area contributed by atoms with Crippen molar-refractivity contribution in [3.63, 3.8) is 0 Å². The Bertz CT molecular complexity index is 300. The molecule has 1 atom stereocenters. The van der Waals surface area contributed by atoms with Crippen molar-refractivity contribution in [2.24, 2.45) is 5.16 Å². The Morgan fingerprint density at radius 3 is 2.80 bits per heavy atom. The van der Waals surface area contributed by atoms with Gasteiger partial charge < -0.3 is 14.8 Å². The summed E-state index contributed by atoms with van der Waals surface area (Å²) in [6, 6.07) is 0. The number of hydrogen-bond acceptors (Lipinski definition) is 4. The van der Waals surface area contributed by atoms with Crippen LogP contribution >= 0.6 is 0 Å². The van der Waals surface area contributed by atoms with E-state index in [0.717, 1.165) is 6.42 Å². The van der Waals surface area contributed by atoms with Crippen LogP contribution in [0.2, 0.25) is 0 Å². The molecule has 0 aromatic heterocycles. The van der Waals surface area contributed by atoms with Crippen LogP contribution in [-0.4, -0.2) is 47.3 Å². The van der Waals surface area contributed by atoms with Gasteiger partial charge in [0.1, 0.15) is 0 Å². The van der Waals surface area contributed by atoms with E-state index in [2.05, 4.69) is 5.16 Å². The number of hydrogen-bond donors (Lipinski definition) is 1. The van der Waals surface area contributed by atoms with E-state index in [-0.39, 0.29) is 18.0 Å². The monoisotopic (exact) mass is 214 g/mol. The van der Waals surface area contributed by atoms with Crippen molar-refractivity contribution >= 4 is 17.6 Å². The van der Waals surface area contributed by atoms with Gasteiger partial charge in [-0.3, -0.25) is 4.79 Å². The van der Waals surface area contributed by atoms with Crippen molar-refractivity contribution in [2.75, 3.05) is 13.6 Å². The lowest BCUT2D eigenvalue weighted by Crippen LogP contribution is -2.37. The maximum Gasteiger partial charge on any atom is 0.353 e. The minimum absolute atomic E-state index is 0.0439. The predicted molar refractivity (Wildman–Crippen MR) is 52.5 cm³/mol. The standard InChI is InChI=1S/C9H14N2O4/c1-3-4-11(2)8(12)7-5-6(9(13)14)10-15-7/h7H,3-5H2,1-2H3,(H,13,14). The number of oxime groups is 1. The van der Waals surface area contributed by atoms with Gasteiger partial charge in [0.25, 0.3) is 5.91 Å². The van der Waals surface area contributed by atoms with Gasteiger partial charge in [-0.2, -0.15) is 0 Å². The molecule has 0 aromatic rings. The van der Waals surface area contributed by atoms with Crippen molar-refractivity contribution in [1.82, 2.24) is 4.90 Å². The van der Waals surface area contributed by atoms with Crippen molar-refractivity contribution in [3.8, 4) is 0 Å². The highest BCUT2D eigenvalue weighted by atomic mass is 16.6. The molecule has 0 saturated heterocycles. The summed E-state index contributed by atoms with van der Waals surface area (Å²) in [6.45, 7) is 2.58. The van der Waals surface area contributed by atoms with E-state index in [1.54, 1.807) is 7.05 Å². The lowest BCUT2D eigenvalue weighted by molar-refractivity contribution is -0.140. The molecule has 1 unspecified atom stereocenters. The normalized spacial score (nSPS) is 19.3. The fourth-order valence-electron chi connectivity index (χ4n) is 1.33. The van der Waals surface area contributed by atoms with Crippen LogP contribution in [0.4, 0.5) is 0 Å². The number of carbonyl (C=O) groups excluding carboxylic acids is 1. The van der Waals surface area contributed by atoms with Crippen LogP contribution in [0, 0.1) is 0 Å². The first-order chi connectivity index (χ1) is 7.06. The highest BCUT2D eigenvalue weighted by molar-refractivity contribution is 6.36. The Balaban J connectivity index is 2.49. The van der Waals surface area contributed by atoms with E-state index < -0.39 is 12.1 Å². The van der Waals surface area contributed by atoms with Gasteiger partial charge in [0.05, 0.1) is 0 Å². The van der Waals surface area contributed by atoms with E-state index in [9.17, 15) is 9.59 Å². The Kier molecular flexibility index (Phi) is 3.65. The van der Waals surface area contributed by atoms with E-state index in [1.807, 2.05) is 6.92 Å². The first-order valence-corrected chi connectivity index (χ1v) is 4.77. The van der Waals surface area contributed by atoms with Crippen LogP contribution in [0.5, 0.6) is 0 Å². The molecule has 15 heavy (non-hydrogen) atoms. The number of carboxylic acids is 1. The molecule has 1 rings (SSSR count). The highest BCUT2D eigenvalue weighted by Gasteiger charge is 2.32. The molecule has 1 aliphatic heterocycles. The van der Waals surface area contributed by atoms with Crippen LogP contribution in [0.25, 0.3) is 0 Å². The number of aliphatic carboxylic acids is 1. The molecule has 1 N–H and O–H groups in total. The number of likely N-dealkylation sites (N-methyl/N-ethyl adjacent to an activating group) is 1. The molecule has 1 amide bonds. The number of carboxylic acid groups (broad SMARTS) is 1. The molecule has 1 aliphatic rings. The van der Waals surface area contributed by atoms with Gasteiger partial charge in [0.15, 0.2) is 5.71 Å². The molecular formula is C9H14N2O4. The number of rotatable bonds is 4. The SMILES string of the molecule is CCCN(C)C(=O)C1CC(C(=O)O)=NO1. The third kappa shape index (κ3) is 2.68. The minimum Gasteiger partial charge on any atom is -0.477 e. The largest absolute Gasteiger partial charge is 0.477 e. The molecule has 0 bridgehead atoms. The maximum atomic E-state index is 11.6. The van der Waals surface area contributed by atoms with Crippen LogP contribution in [-0.2, 0) is 14.4 Å². The zero-order valence-electron chi connectivity index (χ0n) is 8.77. The molecule has 0 aliphatic carbocycles. The molecule has 0 fully saturated rings. The summed E-state index contributed by atoms with van der Waals surface area (Å²) in [7, 11) is 1.66. The topological polar surface area (TPSA) is 79.2 Å². The predicted octanol–water partition coefficient (Wildman–Crippen LogP) is 0.0843. The van der Waals surface area contributed by atoms with Crippen molar-refractivity contribution in [2.45, 2.75) is 25.9 Å². The van der Waals surface area contributed by atoms with Gasteiger partial charge >= 0.3 is 5.97 Å². The zero-order valence-corrected chi connectivity index (χ0v) is 8.77. The lowest BCUT2D eigenvalue weighted by atomic mass is 10.1. The summed E-state index contributed by atoms with van der Waals surface area (Å²) in [5, 5.41) is 12.0. The van der Waals surface area contributed by atoms with Crippen molar-refractivity contribution in [1.29, 1.82) is 0 Å². The van der Waals surface area contributed by atoms with Crippen LogP contribution < -0.4 is 0 Å².